The summed E-state index contributed by atoms with van der Waals surface area (Å²) in [4.78, 5) is 28.3. The van der Waals surface area contributed by atoms with Crippen LogP contribution in [0.4, 0.5) is 10.5 Å². The zero-order chi connectivity index (χ0) is 17.7. The molecule has 1 fully saturated rings. The van der Waals surface area contributed by atoms with Gasteiger partial charge < -0.3 is 20.9 Å². The maximum Gasteiger partial charge on any atom is 0.321 e. The van der Waals surface area contributed by atoms with Crippen LogP contribution in [-0.2, 0) is 4.79 Å². The van der Waals surface area contributed by atoms with Crippen LogP contribution in [0.15, 0.2) is 24.3 Å². The molecule has 1 aliphatic rings. The third-order valence-electron chi connectivity index (χ3n) is 4.60. The third kappa shape index (κ3) is 4.61. The molecule has 0 aromatic heterocycles. The molecule has 2 rings (SSSR count). The Kier molecular flexibility index (Phi) is 6.45. The predicted molar refractivity (Wildman–Crippen MR) is 94.8 cm³/mol. The first-order valence-electron chi connectivity index (χ1n) is 8.35. The van der Waals surface area contributed by atoms with E-state index in [1.807, 2.05) is 11.8 Å². The van der Waals surface area contributed by atoms with Gasteiger partial charge in [0.25, 0.3) is 5.91 Å². The summed E-state index contributed by atoms with van der Waals surface area (Å²) in [5.74, 6) is 0.348. The van der Waals surface area contributed by atoms with Gasteiger partial charge in [-0.05, 0) is 24.6 Å². The van der Waals surface area contributed by atoms with E-state index in [4.69, 9.17) is 11.6 Å². The van der Waals surface area contributed by atoms with E-state index in [1.165, 1.54) is 0 Å². The minimum atomic E-state index is -0.221. The van der Waals surface area contributed by atoms with Crippen molar-refractivity contribution < 1.29 is 15.3 Å². The fourth-order valence-electron chi connectivity index (χ4n) is 2.66. The number of hydrogen-bond donors (Lipinski definition) is 2. The van der Waals surface area contributed by atoms with Gasteiger partial charge in [-0.2, -0.15) is 0 Å². The summed E-state index contributed by atoms with van der Waals surface area (Å²) < 4.78 is 0. The quantitative estimate of drug-likeness (QED) is 0.863. The Balaban J connectivity index is 1.86. The van der Waals surface area contributed by atoms with Crippen LogP contribution in [-0.4, -0.2) is 54.0 Å². The molecule has 1 aromatic carbocycles. The summed E-state index contributed by atoms with van der Waals surface area (Å²) >= 11 is 5.92. The number of hydrogen-bond acceptors (Lipinski definition) is 2. The maximum atomic E-state index is 12.4. The normalized spacial score (nSPS) is 17.3. The van der Waals surface area contributed by atoms with Crippen LogP contribution in [0.1, 0.15) is 20.3 Å². The Labute approximate surface area is 147 Å². The van der Waals surface area contributed by atoms with Gasteiger partial charge in [0.15, 0.2) is 6.04 Å². The van der Waals surface area contributed by atoms with Crippen molar-refractivity contribution in [3.05, 3.63) is 29.3 Å². The Hall–Kier alpha value is -1.79. The molecule has 1 saturated heterocycles. The fraction of sp³-hybridized carbons (Fsp3) is 0.529. The van der Waals surface area contributed by atoms with Crippen LogP contribution in [0.3, 0.4) is 0 Å². The van der Waals surface area contributed by atoms with Gasteiger partial charge in [-0.3, -0.25) is 4.79 Å². The topological polar surface area (TPSA) is 80.3 Å². The minimum Gasteiger partial charge on any atom is -0.347 e. The molecular weight excluding hydrogens is 328 g/mol. The summed E-state index contributed by atoms with van der Waals surface area (Å²) in [6.45, 7) is 6.24. The van der Waals surface area contributed by atoms with E-state index in [9.17, 15) is 9.59 Å². The molecule has 0 spiro atoms. The van der Waals surface area contributed by atoms with Crippen molar-refractivity contribution >= 4 is 29.2 Å². The number of piperazine rings is 1. The highest BCUT2D eigenvalue weighted by Crippen LogP contribution is 2.16. The van der Waals surface area contributed by atoms with Crippen molar-refractivity contribution in [3.63, 3.8) is 0 Å². The van der Waals surface area contributed by atoms with Gasteiger partial charge in [-0.25, -0.2) is 4.79 Å². The van der Waals surface area contributed by atoms with Crippen molar-refractivity contribution in [2.24, 2.45) is 5.92 Å². The minimum absolute atomic E-state index is 0.0826. The van der Waals surface area contributed by atoms with Crippen molar-refractivity contribution in [1.82, 2.24) is 9.80 Å². The molecular formula is C17H26ClN4O2+. The van der Waals surface area contributed by atoms with Gasteiger partial charge in [0.05, 0.1) is 0 Å². The molecule has 0 unspecified atom stereocenters. The molecule has 6 nitrogen and oxygen atoms in total. The number of quaternary nitrogens is 1. The summed E-state index contributed by atoms with van der Waals surface area (Å²) in [6, 6.07) is 6.66. The molecule has 0 saturated carbocycles. The number of carbonyl (C=O) groups excluding carboxylic acids is 2. The van der Waals surface area contributed by atoms with E-state index in [1.54, 1.807) is 29.2 Å². The molecule has 7 heteroatoms. The summed E-state index contributed by atoms with van der Waals surface area (Å²) in [7, 11) is 0. The van der Waals surface area contributed by atoms with E-state index in [0.717, 1.165) is 6.42 Å². The van der Waals surface area contributed by atoms with Gasteiger partial charge in [0.2, 0.25) is 0 Å². The standard InChI is InChI=1S/C17H25ClN4O2/c1-3-12(2)15(19)16(23)21-7-9-22(10-8-21)17(24)20-14-6-4-5-13(18)11-14/h4-6,11-12,15H,3,7-10,19H2,1-2H3,(H,20,24)/p+1/t12-,15-/m0/s1. The van der Waals surface area contributed by atoms with E-state index < -0.39 is 0 Å². The number of urea groups is 1. The highest BCUT2D eigenvalue weighted by atomic mass is 35.5. The van der Waals surface area contributed by atoms with Crippen molar-refractivity contribution in [2.45, 2.75) is 26.3 Å². The van der Waals surface area contributed by atoms with E-state index in [-0.39, 0.29) is 23.9 Å². The largest absolute Gasteiger partial charge is 0.347 e. The van der Waals surface area contributed by atoms with Crippen molar-refractivity contribution in [3.8, 4) is 0 Å². The van der Waals surface area contributed by atoms with Crippen LogP contribution in [0.2, 0.25) is 5.02 Å². The number of nitrogens with one attached hydrogen (secondary N) is 1. The number of amides is 3. The van der Waals surface area contributed by atoms with Crippen molar-refractivity contribution in [2.75, 3.05) is 31.5 Å². The molecule has 0 radical (unpaired) electrons. The maximum absolute atomic E-state index is 12.4. The predicted octanol–water partition coefficient (Wildman–Crippen LogP) is 1.67. The number of nitrogens with zero attached hydrogens (tertiary/aromatic N) is 2. The second-order valence-electron chi connectivity index (χ2n) is 6.24. The molecule has 1 aromatic rings. The average Bonchev–Trinajstić information content (AvgIpc) is 2.59. The lowest BCUT2D eigenvalue weighted by Gasteiger charge is -2.35. The number of halogens is 1. The molecule has 1 heterocycles. The second-order valence-corrected chi connectivity index (χ2v) is 6.68. The van der Waals surface area contributed by atoms with E-state index in [0.29, 0.717) is 36.9 Å². The monoisotopic (exact) mass is 353 g/mol. The van der Waals surface area contributed by atoms with E-state index >= 15 is 0 Å². The molecule has 132 valence electrons. The van der Waals surface area contributed by atoms with Crippen LogP contribution in [0, 0.1) is 5.92 Å². The number of benzene rings is 1. The Morgan fingerprint density at radius 3 is 2.46 bits per heavy atom. The van der Waals surface area contributed by atoms with Gasteiger partial charge in [-0.15, -0.1) is 0 Å². The first kappa shape index (κ1) is 18.5. The molecule has 0 aliphatic carbocycles. The summed E-state index contributed by atoms with van der Waals surface area (Å²) in [5.41, 5.74) is 4.67. The fourth-order valence-corrected chi connectivity index (χ4v) is 2.85. The molecule has 4 N–H and O–H groups in total. The van der Waals surface area contributed by atoms with Gasteiger partial charge >= 0.3 is 6.03 Å². The molecule has 3 amide bonds. The zero-order valence-electron chi connectivity index (χ0n) is 14.3. The average molecular weight is 354 g/mol. The van der Waals surface area contributed by atoms with Crippen LogP contribution in [0.5, 0.6) is 0 Å². The van der Waals surface area contributed by atoms with Gasteiger partial charge in [0.1, 0.15) is 0 Å². The second kappa shape index (κ2) is 8.35. The first-order chi connectivity index (χ1) is 11.4. The third-order valence-corrected chi connectivity index (χ3v) is 4.84. The summed E-state index contributed by atoms with van der Waals surface area (Å²) in [5, 5.41) is 3.41. The van der Waals surface area contributed by atoms with E-state index in [2.05, 4.69) is 18.0 Å². The lowest BCUT2D eigenvalue weighted by Crippen LogP contribution is -2.71. The van der Waals surface area contributed by atoms with Gasteiger partial charge in [0, 0.05) is 42.8 Å². The smallest absolute Gasteiger partial charge is 0.321 e. The van der Waals surface area contributed by atoms with Gasteiger partial charge in [-0.1, -0.05) is 31.5 Å². The Morgan fingerprint density at radius 2 is 1.88 bits per heavy atom. The van der Waals surface area contributed by atoms with Crippen LogP contribution >= 0.6 is 11.6 Å². The Morgan fingerprint density at radius 1 is 1.25 bits per heavy atom. The molecule has 0 bridgehead atoms. The Bertz CT molecular complexity index is 588. The SMILES string of the molecule is CC[C@H](C)[C@H]([NH3+])C(=O)N1CCN(C(=O)Nc2cccc(Cl)c2)CC1. The first-order valence-corrected chi connectivity index (χ1v) is 8.73. The zero-order valence-corrected chi connectivity index (χ0v) is 15.1. The summed E-state index contributed by atoms with van der Waals surface area (Å²) in [6.07, 6.45) is 0.932. The lowest BCUT2D eigenvalue weighted by molar-refractivity contribution is -0.417. The highest BCUT2D eigenvalue weighted by Gasteiger charge is 2.31. The molecule has 2 atom stereocenters. The number of carbonyl (C=O) groups is 2. The van der Waals surface area contributed by atoms with Crippen LogP contribution in [0.25, 0.3) is 0 Å². The van der Waals surface area contributed by atoms with Crippen LogP contribution < -0.4 is 11.1 Å². The number of rotatable bonds is 4. The highest BCUT2D eigenvalue weighted by molar-refractivity contribution is 6.30. The number of anilines is 1. The molecule has 1 aliphatic heterocycles. The molecule has 24 heavy (non-hydrogen) atoms. The van der Waals surface area contributed by atoms with Crippen molar-refractivity contribution in [1.29, 1.82) is 0 Å². The lowest BCUT2D eigenvalue weighted by atomic mass is 9.98.